The normalized spacial score (nSPS) is 16.6. The average Bonchev–Trinajstić information content (AvgIpc) is 3.33. The smallest absolute Gasteiger partial charge is 0.222 e. The highest BCUT2D eigenvalue weighted by Gasteiger charge is 2.23. The van der Waals surface area contributed by atoms with Crippen molar-refractivity contribution in [3.8, 4) is 5.75 Å². The van der Waals surface area contributed by atoms with Crippen LogP contribution in [0.1, 0.15) is 37.6 Å². The van der Waals surface area contributed by atoms with Gasteiger partial charge in [0.05, 0.1) is 19.8 Å². The van der Waals surface area contributed by atoms with E-state index in [0.717, 1.165) is 36.6 Å². The number of amides is 1. The fraction of sp³-hybridized carbons (Fsp3) is 0.500. The van der Waals surface area contributed by atoms with Crippen molar-refractivity contribution in [2.45, 2.75) is 45.4 Å². The Morgan fingerprint density at radius 1 is 1.38 bits per heavy atom. The molecule has 1 atom stereocenters. The Balaban J connectivity index is 1.69. The molecule has 0 bridgehead atoms. The molecular weight excluding hydrogens is 330 g/mol. The maximum absolute atomic E-state index is 12.4. The molecule has 1 saturated heterocycles. The van der Waals surface area contributed by atoms with Crippen molar-refractivity contribution in [3.63, 3.8) is 0 Å². The first-order valence-electron chi connectivity index (χ1n) is 9.22. The summed E-state index contributed by atoms with van der Waals surface area (Å²) in [6.07, 6.45) is 6.49. The molecule has 1 aliphatic rings. The molecule has 0 radical (unpaired) electrons. The standard InChI is InChI=1S/C20H27N3O3/c1-3-20(24)23(14-18-5-4-12-26-18)15-19-21-10-11-22(19)13-16-6-8-17(25-2)9-7-16/h6-11,18H,3-5,12-15H2,1-2H3/t18-/m0/s1. The molecule has 0 N–H and O–H groups in total. The maximum atomic E-state index is 12.4. The number of imidazole rings is 1. The molecule has 140 valence electrons. The topological polar surface area (TPSA) is 56.6 Å². The number of aromatic nitrogens is 2. The van der Waals surface area contributed by atoms with Gasteiger partial charge in [0.15, 0.2) is 0 Å². The van der Waals surface area contributed by atoms with Crippen LogP contribution in [0, 0.1) is 0 Å². The lowest BCUT2D eigenvalue weighted by molar-refractivity contribution is -0.133. The van der Waals surface area contributed by atoms with Gasteiger partial charge in [0.2, 0.25) is 5.91 Å². The maximum Gasteiger partial charge on any atom is 0.222 e. The second kappa shape index (κ2) is 8.85. The van der Waals surface area contributed by atoms with E-state index < -0.39 is 0 Å². The van der Waals surface area contributed by atoms with Crippen LogP contribution in [0.25, 0.3) is 0 Å². The van der Waals surface area contributed by atoms with Crippen LogP contribution in [0.3, 0.4) is 0 Å². The number of nitrogens with zero attached hydrogens (tertiary/aromatic N) is 3. The van der Waals surface area contributed by atoms with Gasteiger partial charge in [-0.25, -0.2) is 4.98 Å². The van der Waals surface area contributed by atoms with Crippen LogP contribution in [0.2, 0.25) is 0 Å². The third kappa shape index (κ3) is 4.64. The number of hydrogen-bond acceptors (Lipinski definition) is 4. The summed E-state index contributed by atoms with van der Waals surface area (Å²) in [4.78, 5) is 18.7. The van der Waals surface area contributed by atoms with Gasteiger partial charge < -0.3 is 18.9 Å². The van der Waals surface area contributed by atoms with Crippen molar-refractivity contribution >= 4 is 5.91 Å². The number of carbonyl (C=O) groups excluding carboxylic acids is 1. The molecule has 26 heavy (non-hydrogen) atoms. The van der Waals surface area contributed by atoms with Gasteiger partial charge in [-0.1, -0.05) is 19.1 Å². The van der Waals surface area contributed by atoms with Crippen LogP contribution in [0.4, 0.5) is 0 Å². The second-order valence-corrected chi connectivity index (χ2v) is 6.58. The number of methoxy groups -OCH3 is 1. The first-order chi connectivity index (χ1) is 12.7. The summed E-state index contributed by atoms with van der Waals surface area (Å²) in [6, 6.07) is 8.00. The van der Waals surface area contributed by atoms with E-state index in [-0.39, 0.29) is 12.0 Å². The summed E-state index contributed by atoms with van der Waals surface area (Å²) in [6.45, 7) is 4.56. The Labute approximate surface area is 154 Å². The molecule has 1 aromatic carbocycles. The monoisotopic (exact) mass is 357 g/mol. The Morgan fingerprint density at radius 2 is 2.19 bits per heavy atom. The molecule has 1 amide bonds. The van der Waals surface area contributed by atoms with E-state index in [4.69, 9.17) is 9.47 Å². The van der Waals surface area contributed by atoms with E-state index in [1.54, 1.807) is 13.3 Å². The van der Waals surface area contributed by atoms with Crippen LogP contribution in [0.15, 0.2) is 36.7 Å². The summed E-state index contributed by atoms with van der Waals surface area (Å²) in [5.41, 5.74) is 1.16. The van der Waals surface area contributed by atoms with Gasteiger partial charge in [-0.3, -0.25) is 4.79 Å². The summed E-state index contributed by atoms with van der Waals surface area (Å²) in [5.74, 6) is 1.87. The van der Waals surface area contributed by atoms with Crippen LogP contribution >= 0.6 is 0 Å². The van der Waals surface area contributed by atoms with Crippen molar-refractivity contribution in [2.75, 3.05) is 20.3 Å². The number of rotatable bonds is 8. The molecule has 2 heterocycles. The zero-order valence-electron chi connectivity index (χ0n) is 15.6. The first kappa shape index (κ1) is 18.5. The van der Waals surface area contributed by atoms with Gasteiger partial charge in [0.1, 0.15) is 11.6 Å². The Kier molecular flexibility index (Phi) is 6.28. The highest BCUT2D eigenvalue weighted by molar-refractivity contribution is 5.75. The lowest BCUT2D eigenvalue weighted by Crippen LogP contribution is -2.37. The largest absolute Gasteiger partial charge is 0.497 e. The van der Waals surface area contributed by atoms with Gasteiger partial charge in [-0.2, -0.15) is 0 Å². The predicted molar refractivity (Wildman–Crippen MR) is 99.0 cm³/mol. The minimum absolute atomic E-state index is 0.138. The van der Waals surface area contributed by atoms with Crippen molar-refractivity contribution in [3.05, 3.63) is 48.0 Å². The quantitative estimate of drug-likeness (QED) is 0.729. The van der Waals surface area contributed by atoms with E-state index in [1.165, 1.54) is 0 Å². The molecule has 0 spiro atoms. The van der Waals surface area contributed by atoms with Crippen molar-refractivity contribution in [1.82, 2.24) is 14.5 Å². The molecule has 0 saturated carbocycles. The highest BCUT2D eigenvalue weighted by Crippen LogP contribution is 2.17. The SMILES string of the molecule is CCC(=O)N(Cc1nccn1Cc1ccc(OC)cc1)C[C@@H]1CCCO1. The molecule has 6 heteroatoms. The van der Waals surface area contributed by atoms with E-state index in [1.807, 2.05) is 42.3 Å². The second-order valence-electron chi connectivity index (χ2n) is 6.58. The van der Waals surface area contributed by atoms with Gasteiger partial charge in [0.25, 0.3) is 0 Å². The Bertz CT molecular complexity index is 705. The molecule has 3 rings (SSSR count). The number of carbonyl (C=O) groups is 1. The summed E-state index contributed by atoms with van der Waals surface area (Å²) in [5, 5.41) is 0. The zero-order valence-corrected chi connectivity index (χ0v) is 15.6. The van der Waals surface area contributed by atoms with Gasteiger partial charge in [0, 0.05) is 38.5 Å². The third-order valence-electron chi connectivity index (χ3n) is 4.75. The lowest BCUT2D eigenvalue weighted by Gasteiger charge is -2.25. The summed E-state index contributed by atoms with van der Waals surface area (Å²) in [7, 11) is 1.66. The zero-order chi connectivity index (χ0) is 18.4. The molecule has 1 aromatic heterocycles. The van der Waals surface area contributed by atoms with Gasteiger partial charge in [-0.15, -0.1) is 0 Å². The van der Waals surface area contributed by atoms with Gasteiger partial charge >= 0.3 is 0 Å². The van der Waals surface area contributed by atoms with Crippen LogP contribution in [0.5, 0.6) is 5.75 Å². The van der Waals surface area contributed by atoms with E-state index >= 15 is 0 Å². The average molecular weight is 357 g/mol. The number of hydrogen-bond donors (Lipinski definition) is 0. The summed E-state index contributed by atoms with van der Waals surface area (Å²) >= 11 is 0. The lowest BCUT2D eigenvalue weighted by atomic mass is 10.2. The minimum Gasteiger partial charge on any atom is -0.497 e. The first-order valence-corrected chi connectivity index (χ1v) is 9.22. The molecule has 2 aromatic rings. The summed E-state index contributed by atoms with van der Waals surface area (Å²) < 4.78 is 13.0. The van der Waals surface area contributed by atoms with Crippen LogP contribution in [-0.4, -0.2) is 46.7 Å². The molecular formula is C20H27N3O3. The molecule has 1 aliphatic heterocycles. The molecule has 0 unspecified atom stereocenters. The predicted octanol–water partition coefficient (Wildman–Crippen LogP) is 2.86. The molecule has 6 nitrogen and oxygen atoms in total. The van der Waals surface area contributed by atoms with E-state index in [2.05, 4.69) is 9.55 Å². The van der Waals surface area contributed by atoms with Crippen molar-refractivity contribution < 1.29 is 14.3 Å². The fourth-order valence-corrected chi connectivity index (χ4v) is 3.25. The highest BCUT2D eigenvalue weighted by atomic mass is 16.5. The fourth-order valence-electron chi connectivity index (χ4n) is 3.25. The molecule has 0 aliphatic carbocycles. The number of benzene rings is 1. The van der Waals surface area contributed by atoms with Crippen molar-refractivity contribution in [2.24, 2.45) is 0 Å². The Hall–Kier alpha value is -2.34. The van der Waals surface area contributed by atoms with Crippen LogP contribution in [-0.2, 0) is 22.6 Å². The Morgan fingerprint density at radius 3 is 2.85 bits per heavy atom. The van der Waals surface area contributed by atoms with Crippen molar-refractivity contribution in [1.29, 1.82) is 0 Å². The van der Waals surface area contributed by atoms with Crippen LogP contribution < -0.4 is 4.74 Å². The van der Waals surface area contributed by atoms with Gasteiger partial charge in [-0.05, 0) is 30.5 Å². The minimum atomic E-state index is 0.138. The van der Waals surface area contributed by atoms with E-state index in [9.17, 15) is 4.79 Å². The number of ether oxygens (including phenoxy) is 2. The third-order valence-corrected chi connectivity index (χ3v) is 4.75. The molecule has 1 fully saturated rings. The van der Waals surface area contributed by atoms with E-state index in [0.29, 0.717) is 26.1 Å².